The van der Waals surface area contributed by atoms with Crippen molar-refractivity contribution in [2.75, 3.05) is 0 Å². The Morgan fingerprint density at radius 2 is 1.74 bits per heavy atom. The number of esters is 1. The molecule has 2 heterocycles. The first-order chi connectivity index (χ1) is 12.8. The van der Waals surface area contributed by atoms with E-state index in [0.717, 1.165) is 21.8 Å². The highest BCUT2D eigenvalue weighted by atomic mass is 35.5. The molecule has 4 nitrogen and oxygen atoms in total. The Kier molecular flexibility index (Phi) is 4.16. The average molecular weight is 379 g/mol. The van der Waals surface area contributed by atoms with Gasteiger partial charge in [0.1, 0.15) is 22.1 Å². The summed E-state index contributed by atoms with van der Waals surface area (Å²) in [6, 6.07) is 19.4. The molecule has 0 N–H and O–H groups in total. The second kappa shape index (κ2) is 6.39. The molecular weight excluding hydrogens is 360 g/mol. The summed E-state index contributed by atoms with van der Waals surface area (Å²) in [4.78, 5) is 17.4. The molecule has 0 bridgehead atoms. The number of halogens is 1. The van der Waals surface area contributed by atoms with Crippen LogP contribution in [0.5, 0.6) is 0 Å². The second-order valence-corrected chi connectivity index (χ2v) is 7.80. The van der Waals surface area contributed by atoms with Crippen LogP contribution in [0.1, 0.15) is 31.3 Å². The Morgan fingerprint density at radius 1 is 1.00 bits per heavy atom. The first-order valence-electron chi connectivity index (χ1n) is 8.73. The van der Waals surface area contributed by atoms with Gasteiger partial charge in [-0.3, -0.25) is 4.57 Å². The highest BCUT2D eigenvalue weighted by Gasteiger charge is 2.24. The summed E-state index contributed by atoms with van der Waals surface area (Å²) in [6.45, 7) is 5.56. The Morgan fingerprint density at radius 3 is 2.52 bits per heavy atom. The molecule has 4 rings (SSSR count). The number of pyridine rings is 1. The zero-order chi connectivity index (χ0) is 19.2. The highest BCUT2D eigenvalue weighted by Crippen LogP contribution is 2.30. The van der Waals surface area contributed by atoms with Gasteiger partial charge in [-0.2, -0.15) is 0 Å². The van der Waals surface area contributed by atoms with Crippen LogP contribution in [0.3, 0.4) is 0 Å². The zero-order valence-corrected chi connectivity index (χ0v) is 16.1. The topological polar surface area (TPSA) is 44.1 Å². The normalized spacial score (nSPS) is 11.9. The van der Waals surface area contributed by atoms with E-state index in [1.54, 1.807) is 12.1 Å². The fourth-order valence-electron chi connectivity index (χ4n) is 3.18. The van der Waals surface area contributed by atoms with Gasteiger partial charge in [0.2, 0.25) is 0 Å². The molecule has 0 spiro atoms. The van der Waals surface area contributed by atoms with E-state index in [1.807, 2.05) is 73.9 Å². The first kappa shape index (κ1) is 17.6. The average Bonchev–Trinajstić information content (AvgIpc) is 2.98. The van der Waals surface area contributed by atoms with Gasteiger partial charge in [0.05, 0.1) is 5.69 Å². The molecule has 0 radical (unpaired) electrons. The summed E-state index contributed by atoms with van der Waals surface area (Å²) in [5, 5.41) is 3.30. The molecule has 2 aromatic carbocycles. The summed E-state index contributed by atoms with van der Waals surface area (Å²) in [7, 11) is 0. The molecule has 0 aliphatic carbocycles. The molecule has 4 aromatic rings. The Hall–Kier alpha value is -2.85. The molecule has 0 saturated heterocycles. The lowest BCUT2D eigenvalue weighted by Crippen LogP contribution is -2.25. The van der Waals surface area contributed by atoms with Crippen molar-refractivity contribution in [2.24, 2.45) is 0 Å². The lowest BCUT2D eigenvalue weighted by atomic mass is 10.1. The van der Waals surface area contributed by atoms with Crippen LogP contribution in [0, 0.1) is 0 Å². The minimum atomic E-state index is -0.595. The Balaban J connectivity index is 2.04. The lowest BCUT2D eigenvalue weighted by Gasteiger charge is -2.20. The molecule has 0 amide bonds. The molecule has 0 saturated carbocycles. The molecule has 0 aliphatic rings. The van der Waals surface area contributed by atoms with E-state index >= 15 is 0 Å². The van der Waals surface area contributed by atoms with Crippen molar-refractivity contribution in [3.63, 3.8) is 0 Å². The van der Waals surface area contributed by atoms with Crippen molar-refractivity contribution in [1.29, 1.82) is 0 Å². The molecule has 0 aliphatic heterocycles. The Labute approximate surface area is 162 Å². The standard InChI is InChI=1S/C22H19ClN2O2/c1-22(2,3)27-21(26)18-13-15-11-12-19(23)24-20(15)25(18)17-10-6-8-14-7-4-5-9-16(14)17/h4-13H,1-3H3. The maximum atomic E-state index is 12.9. The fourth-order valence-corrected chi connectivity index (χ4v) is 3.32. The number of carbonyl (C=O) groups excluding carboxylic acids is 1. The minimum Gasteiger partial charge on any atom is -0.455 e. The third-order valence-corrected chi connectivity index (χ3v) is 4.44. The highest BCUT2D eigenvalue weighted by molar-refractivity contribution is 6.29. The van der Waals surface area contributed by atoms with E-state index in [9.17, 15) is 4.79 Å². The van der Waals surface area contributed by atoms with E-state index < -0.39 is 11.6 Å². The third-order valence-electron chi connectivity index (χ3n) is 4.23. The number of hydrogen-bond donors (Lipinski definition) is 0. The maximum Gasteiger partial charge on any atom is 0.355 e. The van der Waals surface area contributed by atoms with Gasteiger partial charge in [-0.25, -0.2) is 9.78 Å². The largest absolute Gasteiger partial charge is 0.455 e. The van der Waals surface area contributed by atoms with Crippen molar-refractivity contribution in [2.45, 2.75) is 26.4 Å². The van der Waals surface area contributed by atoms with Gasteiger partial charge in [-0.1, -0.05) is 48.0 Å². The van der Waals surface area contributed by atoms with Crippen molar-refractivity contribution < 1.29 is 9.53 Å². The number of carbonyl (C=O) groups is 1. The van der Waals surface area contributed by atoms with Crippen LogP contribution in [-0.4, -0.2) is 21.1 Å². The monoisotopic (exact) mass is 378 g/mol. The Bertz CT molecular complexity index is 1170. The number of ether oxygens (including phenoxy) is 1. The van der Waals surface area contributed by atoms with Gasteiger partial charge in [0, 0.05) is 10.8 Å². The first-order valence-corrected chi connectivity index (χ1v) is 9.11. The van der Waals surface area contributed by atoms with Gasteiger partial charge in [0.25, 0.3) is 0 Å². The summed E-state index contributed by atoms with van der Waals surface area (Å²) in [5.41, 5.74) is 1.31. The minimum absolute atomic E-state index is 0.373. The number of aromatic nitrogens is 2. The smallest absolute Gasteiger partial charge is 0.355 e. The summed E-state index contributed by atoms with van der Waals surface area (Å²) in [5.74, 6) is -0.399. The van der Waals surface area contributed by atoms with Crippen LogP contribution in [-0.2, 0) is 4.74 Å². The van der Waals surface area contributed by atoms with E-state index in [-0.39, 0.29) is 0 Å². The van der Waals surface area contributed by atoms with Gasteiger partial charge in [0.15, 0.2) is 0 Å². The number of rotatable bonds is 2. The van der Waals surface area contributed by atoms with Crippen molar-refractivity contribution >= 4 is 39.4 Å². The maximum absolute atomic E-state index is 12.9. The van der Waals surface area contributed by atoms with Gasteiger partial charge in [-0.15, -0.1) is 0 Å². The van der Waals surface area contributed by atoms with E-state index in [4.69, 9.17) is 16.3 Å². The summed E-state index contributed by atoms with van der Waals surface area (Å²) >= 11 is 6.15. The second-order valence-electron chi connectivity index (χ2n) is 7.41. The molecule has 0 fully saturated rings. The van der Waals surface area contributed by atoms with Crippen molar-refractivity contribution in [3.8, 4) is 5.69 Å². The fraction of sp³-hybridized carbons (Fsp3) is 0.182. The van der Waals surface area contributed by atoms with Crippen LogP contribution < -0.4 is 0 Å². The van der Waals surface area contributed by atoms with Crippen LogP contribution >= 0.6 is 11.6 Å². The van der Waals surface area contributed by atoms with Gasteiger partial charge in [-0.05, 0) is 50.4 Å². The van der Waals surface area contributed by atoms with Gasteiger partial charge < -0.3 is 4.74 Å². The number of hydrogen-bond acceptors (Lipinski definition) is 3. The summed E-state index contributed by atoms with van der Waals surface area (Å²) in [6.07, 6.45) is 0. The molecule has 136 valence electrons. The van der Waals surface area contributed by atoms with Crippen LogP contribution in [0.4, 0.5) is 0 Å². The molecule has 5 heteroatoms. The molecule has 27 heavy (non-hydrogen) atoms. The zero-order valence-electron chi connectivity index (χ0n) is 15.4. The van der Waals surface area contributed by atoms with E-state index in [1.165, 1.54) is 0 Å². The van der Waals surface area contributed by atoms with Crippen molar-refractivity contribution in [3.05, 3.63) is 71.5 Å². The SMILES string of the molecule is CC(C)(C)OC(=O)c1cc2ccc(Cl)nc2n1-c1cccc2ccccc12. The van der Waals surface area contributed by atoms with E-state index in [2.05, 4.69) is 4.98 Å². The lowest BCUT2D eigenvalue weighted by molar-refractivity contribution is 0.00610. The van der Waals surface area contributed by atoms with Crippen LogP contribution in [0.15, 0.2) is 60.7 Å². The van der Waals surface area contributed by atoms with Crippen molar-refractivity contribution in [1.82, 2.24) is 9.55 Å². The predicted octanol–water partition coefficient (Wildman–Crippen LogP) is 5.79. The molecule has 0 atom stereocenters. The molecule has 0 unspecified atom stereocenters. The van der Waals surface area contributed by atoms with Crippen LogP contribution in [0.2, 0.25) is 5.15 Å². The number of fused-ring (bicyclic) bond motifs is 2. The third kappa shape index (κ3) is 3.28. The number of nitrogens with zero attached hydrogens (tertiary/aromatic N) is 2. The predicted molar refractivity (Wildman–Crippen MR) is 109 cm³/mol. The quantitative estimate of drug-likeness (QED) is 0.327. The molecular formula is C22H19ClN2O2. The van der Waals surface area contributed by atoms with E-state index in [0.29, 0.717) is 16.5 Å². The van der Waals surface area contributed by atoms with Crippen LogP contribution in [0.25, 0.3) is 27.5 Å². The summed E-state index contributed by atoms with van der Waals surface area (Å²) < 4.78 is 7.47. The molecule has 2 aromatic heterocycles. The van der Waals surface area contributed by atoms with Gasteiger partial charge >= 0.3 is 5.97 Å². The number of benzene rings is 2.